The molecule has 0 atom stereocenters. The zero-order valence-corrected chi connectivity index (χ0v) is 7.49. The summed E-state index contributed by atoms with van der Waals surface area (Å²) in [7, 11) is 0. The summed E-state index contributed by atoms with van der Waals surface area (Å²) in [6.45, 7) is 2.11. The van der Waals surface area contributed by atoms with E-state index in [1.165, 1.54) is 16.7 Å². The molecule has 0 fully saturated rings. The highest BCUT2D eigenvalue weighted by Crippen LogP contribution is 2.21. The van der Waals surface area contributed by atoms with Crippen molar-refractivity contribution in [3.05, 3.63) is 54.4 Å². The lowest BCUT2D eigenvalue weighted by atomic mass is 10.0. The summed E-state index contributed by atoms with van der Waals surface area (Å²) in [5.41, 5.74) is 3.70. The van der Waals surface area contributed by atoms with E-state index in [0.717, 1.165) is 0 Å². The molecule has 0 amide bonds. The van der Waals surface area contributed by atoms with Gasteiger partial charge in [-0.15, -0.1) is 0 Å². The molecule has 1 heteroatoms. The third-order valence-corrected chi connectivity index (χ3v) is 2.08. The van der Waals surface area contributed by atoms with Gasteiger partial charge in [-0.1, -0.05) is 24.3 Å². The van der Waals surface area contributed by atoms with Gasteiger partial charge in [-0.2, -0.15) is 0 Å². The first-order valence-electron chi connectivity index (χ1n) is 4.26. The van der Waals surface area contributed by atoms with Crippen LogP contribution in [0.15, 0.2) is 42.6 Å². The lowest BCUT2D eigenvalue weighted by molar-refractivity contribution is 1.31. The molecule has 13 heavy (non-hydrogen) atoms. The topological polar surface area (TPSA) is 12.9 Å². The Morgan fingerprint density at radius 3 is 2.69 bits per heavy atom. The molecule has 1 nitrogen and oxygen atoms in total. The van der Waals surface area contributed by atoms with Gasteiger partial charge < -0.3 is 0 Å². The van der Waals surface area contributed by atoms with Gasteiger partial charge >= 0.3 is 0 Å². The van der Waals surface area contributed by atoms with Gasteiger partial charge in [-0.05, 0) is 35.7 Å². The lowest BCUT2D eigenvalue weighted by Crippen LogP contribution is -1.82. The molecule has 0 N–H and O–H groups in total. The molecule has 0 aliphatic rings. The van der Waals surface area contributed by atoms with Crippen molar-refractivity contribution in [2.45, 2.75) is 6.92 Å². The van der Waals surface area contributed by atoms with E-state index >= 15 is 0 Å². The summed E-state index contributed by atoms with van der Waals surface area (Å²) in [6.07, 6.45) is 4.60. The number of aryl methyl sites for hydroxylation is 1. The highest BCUT2D eigenvalue weighted by Gasteiger charge is 1.98. The molecule has 1 heterocycles. The number of rotatable bonds is 1. The molecule has 0 saturated heterocycles. The van der Waals surface area contributed by atoms with Crippen LogP contribution in [0, 0.1) is 13.1 Å². The number of aromatic nitrogens is 1. The van der Waals surface area contributed by atoms with Gasteiger partial charge in [0.25, 0.3) is 0 Å². The van der Waals surface area contributed by atoms with Crippen LogP contribution in [0.25, 0.3) is 11.1 Å². The minimum atomic E-state index is 1.17. The first kappa shape index (κ1) is 7.99. The molecule has 0 saturated carbocycles. The second kappa shape index (κ2) is 3.40. The van der Waals surface area contributed by atoms with Gasteiger partial charge in [0.2, 0.25) is 0 Å². The van der Waals surface area contributed by atoms with Crippen molar-refractivity contribution in [3.63, 3.8) is 0 Å². The highest BCUT2D eigenvalue weighted by molar-refractivity contribution is 5.66. The van der Waals surface area contributed by atoms with Gasteiger partial charge in [0, 0.05) is 6.20 Å². The summed E-state index contributed by atoms with van der Waals surface area (Å²) in [5, 5.41) is 0. The third kappa shape index (κ3) is 1.59. The number of benzene rings is 1. The Labute approximate surface area is 78.1 Å². The van der Waals surface area contributed by atoms with Crippen molar-refractivity contribution in [2.75, 3.05) is 0 Å². The summed E-state index contributed by atoms with van der Waals surface area (Å²) in [5.74, 6) is 0. The minimum absolute atomic E-state index is 1.17. The predicted octanol–water partition coefficient (Wildman–Crippen LogP) is 2.86. The highest BCUT2D eigenvalue weighted by atomic mass is 14.6. The van der Waals surface area contributed by atoms with E-state index in [1.54, 1.807) is 6.20 Å². The maximum absolute atomic E-state index is 3.88. The summed E-state index contributed by atoms with van der Waals surface area (Å²) in [6, 6.07) is 12.2. The second-order valence-electron chi connectivity index (χ2n) is 2.99. The molecule has 0 aliphatic heterocycles. The van der Waals surface area contributed by atoms with Crippen molar-refractivity contribution >= 4 is 0 Å². The Morgan fingerprint density at radius 1 is 1.15 bits per heavy atom. The first-order valence-corrected chi connectivity index (χ1v) is 4.26. The molecule has 0 bridgehead atoms. The molecular formula is C12H10N. The van der Waals surface area contributed by atoms with Crippen molar-refractivity contribution in [2.24, 2.45) is 0 Å². The maximum Gasteiger partial charge on any atom is 0.0892 e. The van der Waals surface area contributed by atoms with Crippen LogP contribution < -0.4 is 0 Å². The quantitative estimate of drug-likeness (QED) is 0.638. The lowest BCUT2D eigenvalue weighted by Gasteiger charge is -2.03. The molecule has 1 aromatic heterocycles. The van der Waals surface area contributed by atoms with Gasteiger partial charge in [-0.25, -0.2) is 0 Å². The number of hydrogen-bond acceptors (Lipinski definition) is 1. The van der Waals surface area contributed by atoms with E-state index in [4.69, 9.17) is 0 Å². The average Bonchev–Trinajstić information content (AvgIpc) is 2.20. The van der Waals surface area contributed by atoms with E-state index in [-0.39, 0.29) is 0 Å². The fourth-order valence-electron chi connectivity index (χ4n) is 1.38. The smallest absolute Gasteiger partial charge is 0.0892 e. The van der Waals surface area contributed by atoms with Crippen LogP contribution in [0.5, 0.6) is 0 Å². The molecule has 2 aromatic rings. The molecular weight excluding hydrogens is 158 g/mol. The fourth-order valence-corrected chi connectivity index (χ4v) is 1.38. The zero-order valence-electron chi connectivity index (χ0n) is 7.49. The van der Waals surface area contributed by atoms with Gasteiger partial charge in [0.1, 0.15) is 0 Å². The van der Waals surface area contributed by atoms with Crippen molar-refractivity contribution in [1.29, 1.82) is 0 Å². The van der Waals surface area contributed by atoms with E-state index in [0.29, 0.717) is 0 Å². The van der Waals surface area contributed by atoms with Gasteiger partial charge in [0.05, 0.1) is 6.20 Å². The number of pyridine rings is 1. The molecule has 0 unspecified atom stereocenters. The van der Waals surface area contributed by atoms with Crippen LogP contribution in [-0.2, 0) is 0 Å². The Morgan fingerprint density at radius 2 is 2.00 bits per heavy atom. The standard InChI is InChI=1S/C12H10N/c1-10-4-2-3-5-12(10)11-6-8-13-9-7-11/h2-8H,1H3. The molecule has 1 aromatic carbocycles. The van der Waals surface area contributed by atoms with E-state index < -0.39 is 0 Å². The monoisotopic (exact) mass is 168 g/mol. The normalized spacial score (nSPS) is 9.92. The first-order chi connectivity index (χ1) is 6.38. The zero-order chi connectivity index (χ0) is 9.10. The largest absolute Gasteiger partial charge is 0.255 e. The molecule has 0 spiro atoms. The minimum Gasteiger partial charge on any atom is -0.255 e. The SMILES string of the molecule is Cc1ccccc1-c1c[c]ncc1. The van der Waals surface area contributed by atoms with Gasteiger partial charge in [0.15, 0.2) is 0 Å². The summed E-state index contributed by atoms with van der Waals surface area (Å²) >= 11 is 0. The number of hydrogen-bond donors (Lipinski definition) is 0. The van der Waals surface area contributed by atoms with Crippen LogP contribution in [0.4, 0.5) is 0 Å². The predicted molar refractivity (Wildman–Crippen MR) is 53.2 cm³/mol. The van der Waals surface area contributed by atoms with Crippen LogP contribution in [-0.4, -0.2) is 4.98 Å². The molecule has 2 rings (SSSR count). The van der Waals surface area contributed by atoms with E-state index in [1.807, 2.05) is 24.3 Å². The van der Waals surface area contributed by atoms with Crippen molar-refractivity contribution in [1.82, 2.24) is 4.98 Å². The maximum atomic E-state index is 3.88. The Hall–Kier alpha value is -1.63. The Kier molecular flexibility index (Phi) is 2.09. The van der Waals surface area contributed by atoms with E-state index in [2.05, 4.69) is 30.2 Å². The van der Waals surface area contributed by atoms with Crippen LogP contribution >= 0.6 is 0 Å². The Balaban J connectivity index is 2.54. The summed E-state index contributed by atoms with van der Waals surface area (Å²) < 4.78 is 0. The van der Waals surface area contributed by atoms with Gasteiger partial charge in [-0.3, -0.25) is 4.98 Å². The molecule has 0 aliphatic carbocycles. The van der Waals surface area contributed by atoms with Crippen LogP contribution in [0.3, 0.4) is 0 Å². The second-order valence-corrected chi connectivity index (χ2v) is 2.99. The fraction of sp³-hybridized carbons (Fsp3) is 0.0833. The van der Waals surface area contributed by atoms with Crippen LogP contribution in [0.1, 0.15) is 5.56 Å². The summed E-state index contributed by atoms with van der Waals surface area (Å²) in [4.78, 5) is 3.88. The van der Waals surface area contributed by atoms with Crippen LogP contribution in [0.2, 0.25) is 0 Å². The average molecular weight is 168 g/mol. The third-order valence-electron chi connectivity index (χ3n) is 2.08. The van der Waals surface area contributed by atoms with Crippen molar-refractivity contribution in [3.8, 4) is 11.1 Å². The molecule has 1 radical (unpaired) electrons. The number of nitrogens with zero attached hydrogens (tertiary/aromatic N) is 1. The van der Waals surface area contributed by atoms with E-state index in [9.17, 15) is 0 Å². The Bertz CT molecular complexity index is 393. The molecule has 63 valence electrons. The van der Waals surface area contributed by atoms with Crippen molar-refractivity contribution < 1.29 is 0 Å².